The Bertz CT molecular complexity index is 154. The van der Waals surface area contributed by atoms with Gasteiger partial charge in [0.2, 0.25) is 0 Å². The Kier molecular flexibility index (Phi) is 7.03. The average molecular weight is 207 g/mol. The quantitative estimate of drug-likeness (QED) is 0.599. The van der Waals surface area contributed by atoms with Crippen LogP contribution in [0, 0.1) is 0 Å². The van der Waals surface area contributed by atoms with E-state index in [9.17, 15) is 4.79 Å². The molecule has 0 rings (SSSR count). The van der Waals surface area contributed by atoms with Gasteiger partial charge < -0.3 is 15.6 Å². The van der Waals surface area contributed by atoms with Gasteiger partial charge in [0.1, 0.15) is 6.04 Å². The Hall–Kier alpha value is -0.260. The first-order chi connectivity index (χ1) is 6.11. The predicted octanol–water partition coefficient (Wildman–Crippen LogP) is -0.00920. The Morgan fingerprint density at radius 1 is 1.69 bits per heavy atom. The number of rotatable bonds is 6. The summed E-state index contributed by atoms with van der Waals surface area (Å²) in [5.41, 5.74) is 5.51. The summed E-state index contributed by atoms with van der Waals surface area (Å²) < 4.78 is 4.48. The van der Waals surface area contributed by atoms with Gasteiger partial charge in [-0.05, 0) is 6.42 Å². The van der Waals surface area contributed by atoms with E-state index in [1.54, 1.807) is 11.8 Å². The van der Waals surface area contributed by atoms with Crippen molar-refractivity contribution in [1.82, 2.24) is 0 Å². The highest BCUT2D eigenvalue weighted by Gasteiger charge is 2.14. The molecule has 5 heteroatoms. The molecule has 0 saturated heterocycles. The highest BCUT2D eigenvalue weighted by molar-refractivity contribution is 7.99. The van der Waals surface area contributed by atoms with Gasteiger partial charge in [-0.2, -0.15) is 11.8 Å². The van der Waals surface area contributed by atoms with E-state index < -0.39 is 6.04 Å². The maximum atomic E-state index is 10.9. The number of carbonyl (C=O) groups is 1. The molecule has 0 aromatic rings. The first-order valence-corrected chi connectivity index (χ1v) is 5.22. The molecule has 0 aromatic carbocycles. The van der Waals surface area contributed by atoms with Crippen molar-refractivity contribution in [3.63, 3.8) is 0 Å². The number of methoxy groups -OCH3 is 1. The van der Waals surface area contributed by atoms with Gasteiger partial charge in [-0.1, -0.05) is 6.92 Å². The maximum Gasteiger partial charge on any atom is 0.323 e. The van der Waals surface area contributed by atoms with Crippen LogP contribution in [0.1, 0.15) is 13.3 Å². The number of nitrogens with two attached hydrogens (primary N) is 1. The normalized spacial score (nSPS) is 15.1. The summed E-state index contributed by atoms with van der Waals surface area (Å²) in [4.78, 5) is 10.9. The van der Waals surface area contributed by atoms with Crippen molar-refractivity contribution < 1.29 is 14.6 Å². The van der Waals surface area contributed by atoms with Crippen molar-refractivity contribution in [1.29, 1.82) is 0 Å². The summed E-state index contributed by atoms with van der Waals surface area (Å²) in [5, 5.41) is 8.94. The predicted molar refractivity (Wildman–Crippen MR) is 53.6 cm³/mol. The second-order valence-corrected chi connectivity index (χ2v) is 4.26. The van der Waals surface area contributed by atoms with Gasteiger partial charge in [-0.3, -0.25) is 4.79 Å². The minimum absolute atomic E-state index is 0.168. The van der Waals surface area contributed by atoms with Gasteiger partial charge in [0, 0.05) is 17.6 Å². The molecule has 0 aliphatic heterocycles. The van der Waals surface area contributed by atoms with Gasteiger partial charge in [0.25, 0.3) is 0 Å². The zero-order chi connectivity index (χ0) is 10.3. The van der Waals surface area contributed by atoms with Crippen LogP contribution < -0.4 is 5.73 Å². The van der Waals surface area contributed by atoms with Crippen LogP contribution in [0.4, 0.5) is 0 Å². The molecule has 0 radical (unpaired) electrons. The first kappa shape index (κ1) is 12.7. The van der Waals surface area contributed by atoms with E-state index in [4.69, 9.17) is 10.8 Å². The van der Waals surface area contributed by atoms with Crippen LogP contribution in [0.3, 0.4) is 0 Å². The van der Waals surface area contributed by atoms with Gasteiger partial charge in [0.05, 0.1) is 7.11 Å². The SMILES string of the molecule is COC(=O)C(N)CSC(C)CCO. The van der Waals surface area contributed by atoms with E-state index in [1.165, 1.54) is 7.11 Å². The lowest BCUT2D eigenvalue weighted by atomic mass is 10.3. The molecule has 0 spiro atoms. The third-order valence-corrected chi connectivity index (χ3v) is 2.96. The molecule has 0 aliphatic rings. The molecule has 0 fully saturated rings. The van der Waals surface area contributed by atoms with Gasteiger partial charge >= 0.3 is 5.97 Å². The second-order valence-electron chi connectivity index (χ2n) is 2.79. The molecule has 4 nitrogen and oxygen atoms in total. The fraction of sp³-hybridized carbons (Fsp3) is 0.875. The molecular weight excluding hydrogens is 190 g/mol. The third kappa shape index (κ3) is 5.90. The molecule has 2 unspecified atom stereocenters. The monoisotopic (exact) mass is 207 g/mol. The lowest BCUT2D eigenvalue weighted by molar-refractivity contribution is -0.141. The second kappa shape index (κ2) is 7.17. The third-order valence-electron chi connectivity index (χ3n) is 1.60. The summed E-state index contributed by atoms with van der Waals surface area (Å²) in [6, 6.07) is -0.559. The molecule has 2 atom stereocenters. The highest BCUT2D eigenvalue weighted by Crippen LogP contribution is 2.14. The first-order valence-electron chi connectivity index (χ1n) is 4.17. The molecule has 0 heterocycles. The van der Waals surface area contributed by atoms with E-state index in [2.05, 4.69) is 4.74 Å². The van der Waals surface area contributed by atoms with Crippen LogP contribution in [0.2, 0.25) is 0 Å². The molecule has 0 aromatic heterocycles. The van der Waals surface area contributed by atoms with Crippen molar-refractivity contribution in [3.05, 3.63) is 0 Å². The number of esters is 1. The Labute approximate surface area is 82.8 Å². The van der Waals surface area contributed by atoms with Crippen molar-refractivity contribution in [2.24, 2.45) is 5.73 Å². The van der Waals surface area contributed by atoms with Crippen molar-refractivity contribution >= 4 is 17.7 Å². The highest BCUT2D eigenvalue weighted by atomic mass is 32.2. The molecular formula is C8H17NO3S. The van der Waals surface area contributed by atoms with Crippen LogP contribution in [0.5, 0.6) is 0 Å². The van der Waals surface area contributed by atoms with Crippen molar-refractivity contribution in [2.75, 3.05) is 19.5 Å². The molecule has 13 heavy (non-hydrogen) atoms. The molecule has 0 aliphatic carbocycles. The van der Waals surface area contributed by atoms with Crippen LogP contribution in [0.25, 0.3) is 0 Å². The van der Waals surface area contributed by atoms with Crippen LogP contribution in [-0.4, -0.2) is 41.8 Å². The van der Waals surface area contributed by atoms with E-state index in [1.807, 2.05) is 6.92 Å². The fourth-order valence-electron chi connectivity index (χ4n) is 0.752. The van der Waals surface area contributed by atoms with E-state index in [0.717, 1.165) is 6.42 Å². The van der Waals surface area contributed by atoms with Crippen LogP contribution in [0.15, 0.2) is 0 Å². The Morgan fingerprint density at radius 3 is 2.77 bits per heavy atom. The number of carbonyl (C=O) groups excluding carboxylic acids is 1. The van der Waals surface area contributed by atoms with Gasteiger partial charge in [-0.15, -0.1) is 0 Å². The zero-order valence-corrected chi connectivity index (χ0v) is 8.84. The lowest BCUT2D eigenvalue weighted by Gasteiger charge is -2.12. The molecule has 3 N–H and O–H groups in total. The summed E-state index contributed by atoms with van der Waals surface area (Å²) >= 11 is 1.57. The number of hydrogen-bond donors (Lipinski definition) is 2. The minimum atomic E-state index is -0.559. The van der Waals surface area contributed by atoms with Gasteiger partial charge in [-0.25, -0.2) is 0 Å². The maximum absolute atomic E-state index is 10.9. The molecule has 0 saturated carbocycles. The number of aliphatic hydroxyl groups excluding tert-OH is 1. The summed E-state index contributed by atoms with van der Waals surface area (Å²) in [6.45, 7) is 2.16. The van der Waals surface area contributed by atoms with Crippen molar-refractivity contribution in [3.8, 4) is 0 Å². The van der Waals surface area contributed by atoms with E-state index in [0.29, 0.717) is 11.0 Å². The number of hydrogen-bond acceptors (Lipinski definition) is 5. The standard InChI is InChI=1S/C8H17NO3S/c1-6(3-4-10)13-5-7(9)8(11)12-2/h6-7,10H,3-5,9H2,1-2H3. The number of aliphatic hydroxyl groups is 1. The van der Waals surface area contributed by atoms with Gasteiger partial charge in [0.15, 0.2) is 0 Å². The molecule has 0 amide bonds. The van der Waals surface area contributed by atoms with Crippen molar-refractivity contribution in [2.45, 2.75) is 24.6 Å². The van der Waals surface area contributed by atoms with E-state index in [-0.39, 0.29) is 12.6 Å². The van der Waals surface area contributed by atoms with Crippen LogP contribution >= 0.6 is 11.8 Å². The lowest BCUT2D eigenvalue weighted by Crippen LogP contribution is -2.34. The Morgan fingerprint density at radius 2 is 2.31 bits per heavy atom. The topological polar surface area (TPSA) is 72.5 Å². The largest absolute Gasteiger partial charge is 0.468 e. The minimum Gasteiger partial charge on any atom is -0.468 e. The Balaban J connectivity index is 3.56. The molecule has 78 valence electrons. The summed E-state index contributed by atoms with van der Waals surface area (Å²) in [7, 11) is 1.32. The number of ether oxygens (including phenoxy) is 1. The van der Waals surface area contributed by atoms with E-state index >= 15 is 0 Å². The average Bonchev–Trinajstić information content (AvgIpc) is 2.13. The summed E-state index contributed by atoms with van der Waals surface area (Å²) in [5.74, 6) is 0.150. The van der Waals surface area contributed by atoms with Crippen LogP contribution in [-0.2, 0) is 9.53 Å². The smallest absolute Gasteiger partial charge is 0.323 e. The zero-order valence-electron chi connectivity index (χ0n) is 8.03. The number of thioether (sulfide) groups is 1. The fourth-order valence-corrected chi connectivity index (χ4v) is 1.70. The molecule has 0 bridgehead atoms. The summed E-state index contributed by atoms with van der Waals surface area (Å²) in [6.07, 6.45) is 0.721.